The first-order chi connectivity index (χ1) is 23.8. The maximum Gasteiger partial charge on any atom is 0.409 e. The Balaban J connectivity index is 0.000000220. The molecule has 282 valence electrons. The minimum Gasteiger partial charge on any atom is -0.450 e. The van der Waals surface area contributed by atoms with Crippen LogP contribution in [0.2, 0.25) is 0 Å². The standard InChI is InChI=1S/C18H30N4O2.C9H15N3.C9H15NO3.ClH/c1-3-24-18(23)22-10-4-5-16(8-13-22)21-11-6-15(7-12-21)17-19-9-14-20(17)2;1-12-7-6-11-9(12)8-2-4-10-5-3-8;1-2-13-9(12)10-6-3-4-8(11)5-7-10;/h9,14-16H,3-8,10-13H2,1-2H3;6-8,10H,2-5H2,1H3;2-7H2,1H3;1H. The zero-order valence-corrected chi connectivity index (χ0v) is 31.6. The van der Waals surface area contributed by atoms with Gasteiger partial charge in [-0.3, -0.25) is 4.79 Å². The molecule has 4 aliphatic heterocycles. The highest BCUT2D eigenvalue weighted by Gasteiger charge is 2.30. The number of rotatable bonds is 5. The van der Waals surface area contributed by atoms with Crippen LogP contribution in [0.1, 0.15) is 102 Å². The molecule has 4 saturated heterocycles. The molecule has 0 bridgehead atoms. The molecule has 1 N–H and O–H groups in total. The van der Waals surface area contributed by atoms with E-state index in [1.807, 2.05) is 36.6 Å². The Bertz CT molecular complexity index is 1290. The number of aryl methyl sites for hydroxylation is 2. The third-order valence-corrected chi connectivity index (χ3v) is 10.1. The largest absolute Gasteiger partial charge is 0.450 e. The maximum absolute atomic E-state index is 11.9. The van der Waals surface area contributed by atoms with Gasteiger partial charge in [-0.05, 0) is 91.4 Å². The van der Waals surface area contributed by atoms with Crippen LogP contribution in [0.15, 0.2) is 24.8 Å². The van der Waals surface area contributed by atoms with Crippen molar-refractivity contribution in [3.05, 3.63) is 36.4 Å². The van der Waals surface area contributed by atoms with Crippen LogP contribution in [-0.2, 0) is 28.4 Å². The van der Waals surface area contributed by atoms with Crippen LogP contribution < -0.4 is 5.32 Å². The molecule has 0 aromatic carbocycles. The number of halogens is 1. The Labute approximate surface area is 304 Å². The summed E-state index contributed by atoms with van der Waals surface area (Å²) in [5.41, 5.74) is 0. The molecule has 2 aromatic heterocycles. The summed E-state index contributed by atoms with van der Waals surface area (Å²) in [6, 6.07) is 0.603. The van der Waals surface area contributed by atoms with Gasteiger partial charge in [0.25, 0.3) is 0 Å². The molecule has 6 rings (SSSR count). The second kappa shape index (κ2) is 21.9. The van der Waals surface area contributed by atoms with Gasteiger partial charge in [-0.15, -0.1) is 12.4 Å². The summed E-state index contributed by atoms with van der Waals surface area (Å²) >= 11 is 0. The topological polar surface area (TPSA) is 127 Å². The number of carbonyl (C=O) groups is 3. The van der Waals surface area contributed by atoms with Crippen molar-refractivity contribution in [2.24, 2.45) is 14.1 Å². The molecule has 13 nitrogen and oxygen atoms in total. The molecule has 6 heterocycles. The number of carbonyl (C=O) groups excluding carboxylic acids is 3. The van der Waals surface area contributed by atoms with Crippen molar-refractivity contribution >= 4 is 30.4 Å². The van der Waals surface area contributed by atoms with Crippen LogP contribution in [0, 0.1) is 0 Å². The van der Waals surface area contributed by atoms with Gasteiger partial charge in [0, 0.05) is 95.8 Å². The van der Waals surface area contributed by atoms with Gasteiger partial charge in [-0.2, -0.15) is 0 Å². The lowest BCUT2D eigenvalue weighted by Gasteiger charge is -2.37. The summed E-state index contributed by atoms with van der Waals surface area (Å²) in [4.78, 5) is 49.2. The van der Waals surface area contributed by atoms with Gasteiger partial charge in [0.2, 0.25) is 0 Å². The number of hydrogen-bond acceptors (Lipinski definition) is 9. The molecule has 0 spiro atoms. The number of ether oxygens (including phenoxy) is 2. The molecule has 1 atom stereocenters. The van der Waals surface area contributed by atoms with Crippen LogP contribution in [0.5, 0.6) is 0 Å². The Morgan fingerprint density at radius 2 is 1.26 bits per heavy atom. The molecule has 14 heteroatoms. The van der Waals surface area contributed by atoms with Crippen molar-refractivity contribution in [2.45, 2.75) is 95.9 Å². The molecule has 0 aliphatic carbocycles. The highest BCUT2D eigenvalue weighted by Crippen LogP contribution is 2.29. The zero-order valence-electron chi connectivity index (χ0n) is 30.8. The number of Topliss-reactive ketones (excluding diaryl/α,β-unsaturated/α-hetero) is 1. The number of hydrogen-bond donors (Lipinski definition) is 1. The summed E-state index contributed by atoms with van der Waals surface area (Å²) < 4.78 is 14.3. The number of nitrogens with one attached hydrogen (secondary N) is 1. The lowest BCUT2D eigenvalue weighted by Crippen LogP contribution is -2.42. The average Bonchev–Trinajstić information content (AvgIpc) is 3.57. The van der Waals surface area contributed by atoms with E-state index in [9.17, 15) is 14.4 Å². The third kappa shape index (κ3) is 12.6. The van der Waals surface area contributed by atoms with E-state index in [-0.39, 0.29) is 30.4 Å². The quantitative estimate of drug-likeness (QED) is 0.448. The van der Waals surface area contributed by atoms with Crippen LogP contribution in [0.3, 0.4) is 0 Å². The van der Waals surface area contributed by atoms with Crippen LogP contribution in [0.25, 0.3) is 0 Å². The van der Waals surface area contributed by atoms with E-state index in [1.54, 1.807) is 11.8 Å². The van der Waals surface area contributed by atoms with Gasteiger partial charge in [0.05, 0.1) is 13.2 Å². The van der Waals surface area contributed by atoms with Crippen molar-refractivity contribution < 1.29 is 23.9 Å². The average molecular weight is 721 g/mol. The van der Waals surface area contributed by atoms with Crippen molar-refractivity contribution in [1.29, 1.82) is 0 Å². The second-order valence-corrected chi connectivity index (χ2v) is 13.5. The van der Waals surface area contributed by atoms with Gasteiger partial charge < -0.3 is 38.6 Å². The minimum absolute atomic E-state index is 0. The fraction of sp³-hybridized carbons (Fsp3) is 0.750. The van der Waals surface area contributed by atoms with Crippen molar-refractivity contribution in [2.75, 3.05) is 65.6 Å². The number of nitrogens with zero attached hydrogens (tertiary/aromatic N) is 7. The van der Waals surface area contributed by atoms with Gasteiger partial charge in [-0.1, -0.05) is 0 Å². The molecule has 0 radical (unpaired) electrons. The Morgan fingerprint density at radius 3 is 1.80 bits per heavy atom. The first-order valence-corrected chi connectivity index (χ1v) is 18.5. The molecular formula is C36H61ClN8O5. The second-order valence-electron chi connectivity index (χ2n) is 13.5. The normalized spacial score (nSPS) is 21.0. The van der Waals surface area contributed by atoms with Gasteiger partial charge in [0.15, 0.2) is 0 Å². The highest BCUT2D eigenvalue weighted by molar-refractivity contribution is 5.85. The third-order valence-electron chi connectivity index (χ3n) is 10.1. The number of ketones is 1. The maximum atomic E-state index is 11.9. The molecule has 2 aromatic rings. The van der Waals surface area contributed by atoms with Crippen LogP contribution in [0.4, 0.5) is 9.59 Å². The molecule has 2 amide bonds. The lowest BCUT2D eigenvalue weighted by atomic mass is 9.93. The van der Waals surface area contributed by atoms with Gasteiger partial charge in [0.1, 0.15) is 17.4 Å². The summed E-state index contributed by atoms with van der Waals surface area (Å²) in [5, 5.41) is 3.36. The number of imidazole rings is 2. The highest BCUT2D eigenvalue weighted by atomic mass is 35.5. The SMILES string of the molecule is CCOC(=O)N1CCCC(=O)CC1.CCOC(=O)N1CCCC(N2CCC(c3nccn3C)CC2)CC1.Cl.Cn1ccnc1C1CCNCC1. The van der Waals surface area contributed by atoms with Crippen molar-refractivity contribution in [3.8, 4) is 0 Å². The first-order valence-electron chi connectivity index (χ1n) is 18.5. The van der Waals surface area contributed by atoms with E-state index >= 15 is 0 Å². The Morgan fingerprint density at radius 1 is 0.720 bits per heavy atom. The smallest absolute Gasteiger partial charge is 0.409 e. The van der Waals surface area contributed by atoms with Gasteiger partial charge >= 0.3 is 12.2 Å². The number of amides is 2. The zero-order chi connectivity index (χ0) is 35.0. The molecule has 4 aliphatic rings. The monoisotopic (exact) mass is 720 g/mol. The fourth-order valence-corrected chi connectivity index (χ4v) is 7.35. The van der Waals surface area contributed by atoms with Gasteiger partial charge in [-0.25, -0.2) is 19.6 Å². The van der Waals surface area contributed by atoms with E-state index in [1.165, 1.54) is 43.8 Å². The summed E-state index contributed by atoms with van der Waals surface area (Å²) in [6.45, 7) is 11.9. The van der Waals surface area contributed by atoms with E-state index < -0.39 is 0 Å². The number of aromatic nitrogens is 4. The molecule has 0 saturated carbocycles. The van der Waals surface area contributed by atoms with Crippen LogP contribution >= 0.6 is 12.4 Å². The predicted molar refractivity (Wildman–Crippen MR) is 196 cm³/mol. The Kier molecular flexibility index (Phi) is 18.1. The Hall–Kier alpha value is -3.16. The van der Waals surface area contributed by atoms with Crippen LogP contribution in [-0.4, -0.2) is 123 Å². The predicted octanol–water partition coefficient (Wildman–Crippen LogP) is 5.12. The molecule has 1 unspecified atom stereocenters. The summed E-state index contributed by atoms with van der Waals surface area (Å²) in [7, 11) is 4.16. The summed E-state index contributed by atoms with van der Waals surface area (Å²) in [5.74, 6) is 3.97. The van der Waals surface area contributed by atoms with E-state index in [2.05, 4.69) is 43.4 Å². The van der Waals surface area contributed by atoms with Crippen molar-refractivity contribution in [1.82, 2.24) is 39.1 Å². The molecule has 50 heavy (non-hydrogen) atoms. The van der Waals surface area contributed by atoms with E-state index in [0.717, 1.165) is 58.5 Å². The summed E-state index contributed by atoms with van der Waals surface area (Å²) in [6.07, 6.45) is 17.4. The number of likely N-dealkylation sites (tertiary alicyclic amines) is 3. The fourth-order valence-electron chi connectivity index (χ4n) is 7.35. The minimum atomic E-state index is -0.294. The number of piperidine rings is 2. The van der Waals surface area contributed by atoms with Crippen molar-refractivity contribution in [3.63, 3.8) is 0 Å². The van der Waals surface area contributed by atoms with E-state index in [4.69, 9.17) is 9.47 Å². The first kappa shape index (κ1) is 41.3. The molecular weight excluding hydrogens is 660 g/mol. The molecule has 4 fully saturated rings. The van der Waals surface area contributed by atoms with E-state index in [0.29, 0.717) is 57.0 Å². The lowest BCUT2D eigenvalue weighted by molar-refractivity contribution is -0.118.